The van der Waals surface area contributed by atoms with Gasteiger partial charge < -0.3 is 14.1 Å². The molecule has 1 unspecified atom stereocenters. The molecule has 0 radical (unpaired) electrons. The smallest absolute Gasteiger partial charge is 0.292 e. The van der Waals surface area contributed by atoms with Gasteiger partial charge in [-0.1, -0.05) is 23.7 Å². The second-order valence-electron chi connectivity index (χ2n) is 5.73. The van der Waals surface area contributed by atoms with E-state index in [2.05, 4.69) is 18.9 Å². The first kappa shape index (κ1) is 15.7. The van der Waals surface area contributed by atoms with Gasteiger partial charge in [-0.05, 0) is 38.2 Å². The van der Waals surface area contributed by atoms with Crippen molar-refractivity contribution in [2.45, 2.75) is 32.7 Å². The Bertz CT molecular complexity index is 705. The average Bonchev–Trinajstić information content (AvgIpc) is 2.79. The monoisotopic (exact) mass is 340 g/mol. The lowest BCUT2D eigenvalue weighted by Gasteiger charge is -2.31. The molecule has 1 aromatic carbocycles. The Morgan fingerprint density at radius 2 is 2.00 bits per heavy atom. The Balaban J connectivity index is 1.81. The van der Waals surface area contributed by atoms with Crippen LogP contribution in [0.4, 0.5) is 0 Å². The number of ether oxygens (including phenoxy) is 1. The summed E-state index contributed by atoms with van der Waals surface area (Å²) in [4.78, 5) is 1.75. The zero-order valence-electron chi connectivity index (χ0n) is 12.6. The Hall–Kier alpha value is -1.21. The summed E-state index contributed by atoms with van der Waals surface area (Å²) in [6, 6.07) is 7.46. The quantitative estimate of drug-likeness (QED) is 0.870. The van der Waals surface area contributed by atoms with Gasteiger partial charge in [0.25, 0.3) is 4.84 Å². The molecule has 1 aromatic heterocycles. The maximum atomic E-state index is 6.19. The largest absolute Gasteiger partial charge is 0.409 e. The normalized spacial score (nSPS) is 25.3. The van der Waals surface area contributed by atoms with Gasteiger partial charge in [0.1, 0.15) is 25.3 Å². The Morgan fingerprint density at radius 3 is 2.68 bits per heavy atom. The molecule has 0 aliphatic carbocycles. The number of aromatic nitrogens is 2. The van der Waals surface area contributed by atoms with Gasteiger partial charge in [0.15, 0.2) is 6.67 Å². The highest BCUT2D eigenvalue weighted by molar-refractivity contribution is 7.71. The molecule has 0 spiro atoms. The van der Waals surface area contributed by atoms with Crippen molar-refractivity contribution in [2.24, 2.45) is 0 Å². The summed E-state index contributed by atoms with van der Waals surface area (Å²) < 4.78 is 13.1. The second-order valence-corrected chi connectivity index (χ2v) is 6.48. The van der Waals surface area contributed by atoms with Crippen LogP contribution in [-0.2, 0) is 11.4 Å². The number of morpholine rings is 1. The first-order chi connectivity index (χ1) is 10.5. The van der Waals surface area contributed by atoms with Gasteiger partial charge in [-0.15, -0.1) is 5.10 Å². The van der Waals surface area contributed by atoms with Crippen molar-refractivity contribution in [2.75, 3.05) is 13.1 Å². The van der Waals surface area contributed by atoms with Crippen LogP contribution in [-0.4, -0.2) is 35.1 Å². The van der Waals surface area contributed by atoms with Crippen LogP contribution >= 0.6 is 23.8 Å². The first-order valence-corrected chi connectivity index (χ1v) is 8.13. The number of hydrogen-bond acceptors (Lipinski definition) is 4. The topological polar surface area (TPSA) is 44.6 Å². The molecule has 1 N–H and O–H groups in total. The van der Waals surface area contributed by atoms with Crippen LogP contribution in [0.15, 0.2) is 28.7 Å². The number of nitrogens with zero attached hydrogens (tertiary/aromatic N) is 2. The summed E-state index contributed by atoms with van der Waals surface area (Å²) in [5.74, 6) is 0.462. The molecular formula is C15H19ClN3O2S+. The van der Waals surface area contributed by atoms with E-state index in [9.17, 15) is 0 Å². The minimum atomic E-state index is 0.239. The molecule has 0 bridgehead atoms. The second kappa shape index (κ2) is 6.50. The van der Waals surface area contributed by atoms with Crippen molar-refractivity contribution in [1.82, 2.24) is 9.78 Å². The maximum absolute atomic E-state index is 6.19. The number of nitrogens with one attached hydrogen (secondary N) is 1. The van der Waals surface area contributed by atoms with Gasteiger partial charge in [-0.25, -0.2) is 0 Å². The van der Waals surface area contributed by atoms with Crippen LogP contribution < -0.4 is 4.90 Å². The molecule has 1 aliphatic rings. The predicted octanol–water partition coefficient (Wildman–Crippen LogP) is 2.18. The fourth-order valence-corrected chi connectivity index (χ4v) is 3.28. The zero-order chi connectivity index (χ0) is 15.7. The Morgan fingerprint density at radius 1 is 1.32 bits per heavy atom. The number of hydrogen-bond donors (Lipinski definition) is 1. The number of quaternary nitrogens is 1. The minimum absolute atomic E-state index is 0.239. The molecule has 2 aromatic rings. The van der Waals surface area contributed by atoms with Crippen LogP contribution in [0, 0.1) is 4.84 Å². The fraction of sp³-hybridized carbons (Fsp3) is 0.467. The van der Waals surface area contributed by atoms with E-state index in [1.54, 1.807) is 4.68 Å². The minimum Gasteiger partial charge on any atom is -0.409 e. The van der Waals surface area contributed by atoms with Crippen LogP contribution in [0.5, 0.6) is 0 Å². The van der Waals surface area contributed by atoms with Crippen molar-refractivity contribution in [3.05, 3.63) is 34.1 Å². The molecular weight excluding hydrogens is 322 g/mol. The van der Waals surface area contributed by atoms with E-state index >= 15 is 0 Å². The third-order valence-electron chi connectivity index (χ3n) is 3.70. The average molecular weight is 341 g/mol. The number of rotatable bonds is 3. The van der Waals surface area contributed by atoms with E-state index in [4.69, 9.17) is 33.0 Å². The van der Waals surface area contributed by atoms with E-state index in [0.717, 1.165) is 18.7 Å². The summed E-state index contributed by atoms with van der Waals surface area (Å²) in [6.07, 6.45) is 0.478. The summed E-state index contributed by atoms with van der Waals surface area (Å²) in [7, 11) is 0. The standard InChI is InChI=1S/C15H18ClN3O2S/c1-10-7-18(8-11(2)20-10)9-19-15(22)21-14(17-19)12-5-3-4-6-13(12)16/h3-6,10-11H,7-9H2,1-2H3/p+1/t10-,11+. The summed E-state index contributed by atoms with van der Waals surface area (Å²) in [5.41, 5.74) is 0.757. The molecule has 1 saturated heterocycles. The van der Waals surface area contributed by atoms with Gasteiger partial charge >= 0.3 is 0 Å². The molecule has 1 aliphatic heterocycles. The molecule has 5 nitrogen and oxygen atoms in total. The van der Waals surface area contributed by atoms with E-state index in [1.807, 2.05) is 24.3 Å². The highest BCUT2D eigenvalue weighted by Crippen LogP contribution is 2.26. The summed E-state index contributed by atoms with van der Waals surface area (Å²) in [6.45, 7) is 6.71. The van der Waals surface area contributed by atoms with Crippen molar-refractivity contribution < 1.29 is 14.1 Å². The lowest BCUT2D eigenvalue weighted by molar-refractivity contribution is -0.937. The van der Waals surface area contributed by atoms with Gasteiger partial charge in [0.2, 0.25) is 5.89 Å². The lowest BCUT2D eigenvalue weighted by atomic mass is 10.2. The van der Waals surface area contributed by atoms with Crippen LogP contribution in [0.2, 0.25) is 5.02 Å². The van der Waals surface area contributed by atoms with Gasteiger partial charge in [0.05, 0.1) is 10.6 Å². The number of halogens is 1. The maximum Gasteiger partial charge on any atom is 0.292 e. The molecule has 3 atom stereocenters. The molecule has 0 amide bonds. The van der Waals surface area contributed by atoms with Crippen LogP contribution in [0.3, 0.4) is 0 Å². The SMILES string of the molecule is C[C@@H]1C[NH+](Cn2nc(-c3ccccc3Cl)oc2=S)C[C@H](C)O1. The van der Waals surface area contributed by atoms with Crippen molar-refractivity contribution in [3.8, 4) is 11.5 Å². The molecule has 2 heterocycles. The fourth-order valence-electron chi connectivity index (χ4n) is 2.88. The van der Waals surface area contributed by atoms with E-state index in [1.165, 1.54) is 4.90 Å². The molecule has 118 valence electrons. The van der Waals surface area contributed by atoms with Crippen molar-refractivity contribution in [3.63, 3.8) is 0 Å². The van der Waals surface area contributed by atoms with Crippen LogP contribution in [0.1, 0.15) is 13.8 Å². The van der Waals surface area contributed by atoms with Gasteiger partial charge in [-0.2, -0.15) is 4.68 Å². The third kappa shape index (κ3) is 3.41. The van der Waals surface area contributed by atoms with Crippen molar-refractivity contribution in [1.29, 1.82) is 0 Å². The number of benzene rings is 1. The summed E-state index contributed by atoms with van der Waals surface area (Å²) in [5, 5.41) is 5.09. The summed E-state index contributed by atoms with van der Waals surface area (Å²) >= 11 is 11.5. The van der Waals surface area contributed by atoms with Gasteiger partial charge in [0, 0.05) is 0 Å². The Labute approximate surface area is 139 Å². The van der Waals surface area contributed by atoms with E-state index in [0.29, 0.717) is 22.4 Å². The molecule has 1 fully saturated rings. The predicted molar refractivity (Wildman–Crippen MR) is 86.5 cm³/mol. The molecule has 22 heavy (non-hydrogen) atoms. The zero-order valence-corrected chi connectivity index (χ0v) is 14.2. The van der Waals surface area contributed by atoms with E-state index < -0.39 is 0 Å². The molecule has 0 saturated carbocycles. The highest BCUT2D eigenvalue weighted by Gasteiger charge is 2.26. The lowest BCUT2D eigenvalue weighted by Crippen LogP contribution is -3.14. The first-order valence-electron chi connectivity index (χ1n) is 7.35. The third-order valence-corrected chi connectivity index (χ3v) is 4.32. The van der Waals surface area contributed by atoms with Crippen LogP contribution in [0.25, 0.3) is 11.5 Å². The van der Waals surface area contributed by atoms with Crippen molar-refractivity contribution >= 4 is 23.8 Å². The van der Waals surface area contributed by atoms with Gasteiger partial charge in [-0.3, -0.25) is 0 Å². The highest BCUT2D eigenvalue weighted by atomic mass is 35.5. The molecule has 7 heteroatoms. The van der Waals surface area contributed by atoms with E-state index in [-0.39, 0.29) is 12.2 Å². The molecule has 3 rings (SSSR count). The Kier molecular flexibility index (Phi) is 4.63.